The number of carbonyl (C=O) groups is 4. The molecule has 0 fully saturated rings. The van der Waals surface area contributed by atoms with Crippen LogP contribution in [0.3, 0.4) is 0 Å². The van der Waals surface area contributed by atoms with Crippen molar-refractivity contribution in [2.75, 3.05) is 0 Å². The Morgan fingerprint density at radius 2 is 0.846 bits per heavy atom. The van der Waals surface area contributed by atoms with Crippen LogP contribution in [0.4, 0.5) is 0 Å². The summed E-state index contributed by atoms with van der Waals surface area (Å²) in [6.07, 6.45) is 0. The van der Waals surface area contributed by atoms with Crippen molar-refractivity contribution in [3.05, 3.63) is 0 Å². The van der Waals surface area contributed by atoms with Crippen molar-refractivity contribution >= 4 is 23.9 Å². The van der Waals surface area contributed by atoms with Crippen LogP contribution in [-0.4, -0.2) is 34.1 Å². The van der Waals surface area contributed by atoms with E-state index in [-0.39, 0.29) is 51.4 Å². The summed E-state index contributed by atoms with van der Waals surface area (Å²) in [5.74, 6) is -8.02. The third-order valence-electron chi connectivity index (χ3n) is 0.349. The van der Waals surface area contributed by atoms with Crippen molar-refractivity contribution in [1.29, 1.82) is 0 Å². The molecule has 0 aromatic carbocycles. The van der Waals surface area contributed by atoms with E-state index < -0.39 is 23.9 Å². The average Bonchev–Trinajstić information content (AvgIpc) is 1.88. The number of carboxylic acids is 4. The Morgan fingerprint density at radius 3 is 0.846 bits per heavy atom. The molecule has 0 aliphatic rings. The van der Waals surface area contributed by atoms with Gasteiger partial charge < -0.3 is 30.0 Å². The first-order valence-corrected chi connectivity index (χ1v) is 2.17. The summed E-state index contributed by atoms with van der Waals surface area (Å²) in [7, 11) is 0. The monoisotopic (exact) mass is 217 g/mol. The minimum Gasteiger partial charge on any atom is -0.539 e. The molecule has 0 aromatic heterocycles. The quantitative estimate of drug-likeness (QED) is 0.299. The molecule has 0 saturated heterocycles. The van der Waals surface area contributed by atoms with E-state index in [4.69, 9.17) is 39.6 Å². The minimum atomic E-state index is -2.07. The average molecular weight is 217 g/mol. The van der Waals surface area contributed by atoms with Gasteiger partial charge in [-0.25, -0.2) is 9.59 Å². The molecule has 0 amide bonds. The topological polar surface area (TPSA) is 155 Å². The van der Waals surface area contributed by atoms with Gasteiger partial charge in [0.2, 0.25) is 0 Å². The van der Waals surface area contributed by atoms with Crippen molar-refractivity contribution < 1.29 is 91.0 Å². The van der Waals surface area contributed by atoms with Crippen LogP contribution in [0.1, 0.15) is 0 Å². The molecule has 0 aliphatic heterocycles. The minimum absolute atomic E-state index is 0. The molecule has 0 bridgehead atoms. The zero-order valence-electron chi connectivity index (χ0n) is 6.34. The third kappa shape index (κ3) is 18.5. The Bertz CT molecular complexity index is 172. The van der Waals surface area contributed by atoms with Crippen LogP contribution in [0.25, 0.3) is 0 Å². The Balaban J connectivity index is -0.000000143. The standard InChI is InChI=1S/2C2H2O4.K/c2*3-1(4)2(5)6;/h2*(H,3,4)(H,5,6);/q;;+1/p-2. The molecule has 9 heteroatoms. The van der Waals surface area contributed by atoms with Gasteiger partial charge in [0.15, 0.2) is 11.9 Å². The molecule has 0 unspecified atom stereocenters. The van der Waals surface area contributed by atoms with Crippen LogP contribution >= 0.6 is 0 Å². The van der Waals surface area contributed by atoms with Gasteiger partial charge in [0.25, 0.3) is 0 Å². The number of carboxylic acid groups (broad SMARTS) is 4. The first kappa shape index (κ1) is 18.3. The zero-order valence-corrected chi connectivity index (χ0v) is 9.47. The first-order chi connectivity index (χ1) is 5.29. The van der Waals surface area contributed by atoms with E-state index >= 15 is 0 Å². The maximum atomic E-state index is 9.04. The SMILES string of the molecule is O=C([O-])C(=O)O.O=C([O-])C(=O)O.[K+]. The number of carbonyl (C=O) groups excluding carboxylic acids is 2. The molecular weight excluding hydrogens is 215 g/mol. The van der Waals surface area contributed by atoms with Gasteiger partial charge in [-0.2, -0.15) is 0 Å². The van der Waals surface area contributed by atoms with Crippen molar-refractivity contribution in [2.45, 2.75) is 0 Å². The van der Waals surface area contributed by atoms with Crippen molar-refractivity contribution in [2.24, 2.45) is 0 Å². The van der Waals surface area contributed by atoms with Gasteiger partial charge in [0.05, 0.1) is 0 Å². The third-order valence-corrected chi connectivity index (χ3v) is 0.349. The van der Waals surface area contributed by atoms with Gasteiger partial charge in [-0.15, -0.1) is 0 Å². The van der Waals surface area contributed by atoms with Crippen LogP contribution in [0.2, 0.25) is 0 Å². The van der Waals surface area contributed by atoms with E-state index in [0.29, 0.717) is 0 Å². The number of aliphatic carboxylic acids is 4. The molecule has 0 aromatic rings. The Kier molecular flexibility index (Phi) is 13.5. The summed E-state index contributed by atoms with van der Waals surface area (Å²) in [6.45, 7) is 0. The largest absolute Gasteiger partial charge is 1.00 e. The Morgan fingerprint density at radius 1 is 0.769 bits per heavy atom. The van der Waals surface area contributed by atoms with E-state index in [1.54, 1.807) is 0 Å². The first-order valence-electron chi connectivity index (χ1n) is 2.17. The second-order valence-corrected chi connectivity index (χ2v) is 1.19. The van der Waals surface area contributed by atoms with E-state index in [1.165, 1.54) is 0 Å². The van der Waals surface area contributed by atoms with Crippen molar-refractivity contribution in [3.63, 3.8) is 0 Å². The number of hydrogen-bond acceptors (Lipinski definition) is 6. The normalized spacial score (nSPS) is 6.77. The summed E-state index contributed by atoms with van der Waals surface area (Å²) in [4.78, 5) is 36.1. The van der Waals surface area contributed by atoms with Crippen LogP contribution in [0.5, 0.6) is 0 Å². The van der Waals surface area contributed by atoms with Gasteiger partial charge in [-0.1, -0.05) is 0 Å². The van der Waals surface area contributed by atoms with Gasteiger partial charge in [0, 0.05) is 0 Å². The molecule has 0 spiro atoms. The van der Waals surface area contributed by atoms with E-state index in [9.17, 15) is 0 Å². The van der Waals surface area contributed by atoms with Gasteiger partial charge >= 0.3 is 63.3 Å². The summed E-state index contributed by atoms with van der Waals surface area (Å²) < 4.78 is 0. The second kappa shape index (κ2) is 9.60. The molecule has 0 rings (SSSR count). The molecule has 68 valence electrons. The predicted molar refractivity (Wildman–Crippen MR) is 25.3 cm³/mol. The number of rotatable bonds is 0. The summed E-state index contributed by atoms with van der Waals surface area (Å²) in [5.41, 5.74) is 0. The molecule has 0 atom stereocenters. The molecule has 8 nitrogen and oxygen atoms in total. The van der Waals surface area contributed by atoms with E-state index in [1.807, 2.05) is 0 Å². The zero-order chi connectivity index (χ0) is 10.3. The Hall–Kier alpha value is -0.484. The van der Waals surface area contributed by atoms with Crippen LogP contribution in [-0.2, 0) is 19.2 Å². The molecular formula is C4H2KO8-. The van der Waals surface area contributed by atoms with Gasteiger partial charge in [-0.3, -0.25) is 0 Å². The maximum Gasteiger partial charge on any atom is 1.00 e. The molecule has 0 heterocycles. The molecule has 0 saturated carbocycles. The second-order valence-electron chi connectivity index (χ2n) is 1.19. The van der Waals surface area contributed by atoms with Crippen LogP contribution < -0.4 is 61.6 Å². The maximum absolute atomic E-state index is 9.04. The van der Waals surface area contributed by atoms with Crippen LogP contribution in [0, 0.1) is 0 Å². The predicted octanol–water partition coefficient (Wildman–Crippen LogP) is -7.35. The summed E-state index contributed by atoms with van der Waals surface area (Å²) >= 11 is 0. The van der Waals surface area contributed by atoms with E-state index in [0.717, 1.165) is 0 Å². The summed E-state index contributed by atoms with van der Waals surface area (Å²) in [6, 6.07) is 0. The van der Waals surface area contributed by atoms with Crippen molar-refractivity contribution in [1.82, 2.24) is 0 Å². The van der Waals surface area contributed by atoms with Crippen LogP contribution in [0.15, 0.2) is 0 Å². The molecule has 13 heavy (non-hydrogen) atoms. The smallest absolute Gasteiger partial charge is 0.539 e. The van der Waals surface area contributed by atoms with Crippen molar-refractivity contribution in [3.8, 4) is 0 Å². The molecule has 2 N–H and O–H groups in total. The Labute approximate surface area is 114 Å². The van der Waals surface area contributed by atoms with Gasteiger partial charge in [-0.05, 0) is 0 Å². The summed E-state index contributed by atoms with van der Waals surface area (Å²) in [5, 5.41) is 32.6. The molecule has 0 aliphatic carbocycles. The molecule has 0 radical (unpaired) electrons. The fourth-order valence-electron chi connectivity index (χ4n) is 0. The van der Waals surface area contributed by atoms with E-state index in [2.05, 4.69) is 0 Å². The number of hydrogen-bond donors (Lipinski definition) is 2. The van der Waals surface area contributed by atoms with Gasteiger partial charge in [0.1, 0.15) is 0 Å². The fourth-order valence-corrected chi connectivity index (χ4v) is 0. The fraction of sp³-hybridized carbons (Fsp3) is 0.